The van der Waals surface area contributed by atoms with Crippen LogP contribution in [0.25, 0.3) is 17.1 Å². The quantitative estimate of drug-likeness (QED) is 0.631. The molecule has 0 aliphatic carbocycles. The molecule has 0 bridgehead atoms. The highest BCUT2D eigenvalue weighted by molar-refractivity contribution is 5.76. The summed E-state index contributed by atoms with van der Waals surface area (Å²) in [5, 5.41) is 6.33. The van der Waals surface area contributed by atoms with Crippen molar-refractivity contribution in [2.24, 2.45) is 0 Å². The third-order valence-corrected chi connectivity index (χ3v) is 5.50. The van der Waals surface area contributed by atoms with Gasteiger partial charge in [0.15, 0.2) is 0 Å². The zero-order chi connectivity index (χ0) is 21.9. The van der Waals surface area contributed by atoms with Gasteiger partial charge in [-0.25, -0.2) is 19.3 Å². The third kappa shape index (κ3) is 4.06. The Labute approximate surface area is 185 Å². The molecule has 3 aromatic rings. The number of hydrogen-bond donors (Lipinski definition) is 2. The van der Waals surface area contributed by atoms with Crippen molar-refractivity contribution in [3.8, 4) is 17.3 Å². The van der Waals surface area contributed by atoms with Crippen LogP contribution in [0.1, 0.15) is 11.1 Å². The molecule has 0 atom stereocenters. The Morgan fingerprint density at radius 3 is 2.59 bits per heavy atom. The van der Waals surface area contributed by atoms with E-state index in [0.717, 1.165) is 43.2 Å². The molecule has 9 heteroatoms. The predicted molar refractivity (Wildman–Crippen MR) is 120 cm³/mol. The number of benzene rings is 1. The molecular formula is C23H23FN6O2. The molecule has 0 spiro atoms. The molecule has 32 heavy (non-hydrogen) atoms. The smallest absolute Gasteiger partial charge is 0.316 e. The lowest BCUT2D eigenvalue weighted by Gasteiger charge is -2.29. The van der Waals surface area contributed by atoms with Crippen LogP contribution in [0.3, 0.4) is 0 Å². The second kappa shape index (κ2) is 8.80. The molecule has 1 aromatic carbocycles. The lowest BCUT2D eigenvalue weighted by atomic mass is 10.0. The molecule has 0 radical (unpaired) electrons. The van der Waals surface area contributed by atoms with Gasteiger partial charge < -0.3 is 25.0 Å². The summed E-state index contributed by atoms with van der Waals surface area (Å²) in [4.78, 5) is 15.3. The number of fused-ring (bicyclic) bond motifs is 1. The molecule has 2 aromatic heterocycles. The van der Waals surface area contributed by atoms with Gasteiger partial charge in [-0.1, -0.05) is 0 Å². The van der Waals surface area contributed by atoms with Crippen LogP contribution in [0.15, 0.2) is 48.9 Å². The van der Waals surface area contributed by atoms with E-state index < -0.39 is 0 Å². The molecule has 2 aliphatic heterocycles. The van der Waals surface area contributed by atoms with Gasteiger partial charge in [-0.05, 0) is 30.3 Å². The van der Waals surface area contributed by atoms with Crippen molar-refractivity contribution < 1.29 is 13.9 Å². The number of methoxy groups -OCH3 is 1. The highest BCUT2D eigenvalue weighted by atomic mass is 19.1. The van der Waals surface area contributed by atoms with Crippen LogP contribution >= 0.6 is 0 Å². The van der Waals surface area contributed by atoms with Crippen molar-refractivity contribution in [1.29, 1.82) is 0 Å². The van der Waals surface area contributed by atoms with Crippen molar-refractivity contribution in [1.82, 2.24) is 20.3 Å². The van der Waals surface area contributed by atoms with Gasteiger partial charge in [0.25, 0.3) is 0 Å². The molecule has 0 unspecified atom stereocenters. The molecule has 1 fully saturated rings. The summed E-state index contributed by atoms with van der Waals surface area (Å²) >= 11 is 0. The maximum Gasteiger partial charge on any atom is 0.316 e. The number of rotatable bonds is 5. The highest BCUT2D eigenvalue weighted by Gasteiger charge is 2.20. The first-order valence-corrected chi connectivity index (χ1v) is 10.4. The normalized spacial score (nSPS) is 15.4. The van der Waals surface area contributed by atoms with E-state index in [1.807, 2.05) is 12.1 Å². The first-order chi connectivity index (χ1) is 15.7. The molecule has 5 rings (SSSR count). The maximum atomic E-state index is 14.6. The Kier molecular flexibility index (Phi) is 5.55. The van der Waals surface area contributed by atoms with E-state index in [9.17, 15) is 4.39 Å². The van der Waals surface area contributed by atoms with Crippen molar-refractivity contribution in [3.05, 3.63) is 60.1 Å². The van der Waals surface area contributed by atoms with E-state index in [0.29, 0.717) is 29.2 Å². The Morgan fingerprint density at radius 2 is 1.88 bits per heavy atom. The number of hydrogen-bond acceptors (Lipinski definition) is 8. The fourth-order valence-electron chi connectivity index (χ4n) is 3.80. The standard InChI is InChI=1S/C23H23FN6O2/c1-31-23-26-11-15(12-27-23)21-10-18-19(13-25-14-20(18)24)22(29-21)28-16-2-4-17(5-3-16)30-6-8-32-9-7-30/h2-5,10-12,14,25H,6-9,13H2,1H3,(H,28,29). The molecule has 164 valence electrons. The SMILES string of the molecule is COc1ncc(-c2cc3c(c(Nc4ccc(N5CCOCC5)cc4)n2)CNC=C3F)cn1. The first kappa shape index (κ1) is 20.2. The van der Waals surface area contributed by atoms with Crippen molar-refractivity contribution >= 4 is 23.0 Å². The summed E-state index contributed by atoms with van der Waals surface area (Å²) in [5.41, 5.74) is 4.52. The molecule has 8 nitrogen and oxygen atoms in total. The highest BCUT2D eigenvalue weighted by Crippen LogP contribution is 2.34. The lowest BCUT2D eigenvalue weighted by molar-refractivity contribution is 0.122. The fourth-order valence-corrected chi connectivity index (χ4v) is 3.80. The summed E-state index contributed by atoms with van der Waals surface area (Å²) in [6, 6.07) is 10.1. The summed E-state index contributed by atoms with van der Waals surface area (Å²) in [7, 11) is 1.51. The zero-order valence-electron chi connectivity index (χ0n) is 17.6. The van der Waals surface area contributed by atoms with Gasteiger partial charge >= 0.3 is 6.01 Å². The molecular weight excluding hydrogens is 411 g/mol. The first-order valence-electron chi connectivity index (χ1n) is 10.4. The van der Waals surface area contributed by atoms with E-state index in [2.05, 4.69) is 37.6 Å². The molecule has 2 N–H and O–H groups in total. The van der Waals surface area contributed by atoms with Gasteiger partial charge in [0.05, 0.1) is 26.0 Å². The Morgan fingerprint density at radius 1 is 1.12 bits per heavy atom. The minimum atomic E-state index is -0.338. The minimum absolute atomic E-state index is 0.265. The fraction of sp³-hybridized carbons (Fsp3) is 0.261. The number of anilines is 3. The second-order valence-electron chi connectivity index (χ2n) is 7.49. The Hall–Kier alpha value is -3.72. The second-order valence-corrected chi connectivity index (χ2v) is 7.49. The van der Waals surface area contributed by atoms with Crippen LogP contribution in [-0.4, -0.2) is 48.4 Å². The van der Waals surface area contributed by atoms with Crippen LogP contribution in [0, 0.1) is 0 Å². The average molecular weight is 434 g/mol. The third-order valence-electron chi connectivity index (χ3n) is 5.50. The van der Waals surface area contributed by atoms with Crippen molar-refractivity contribution in [2.45, 2.75) is 6.54 Å². The van der Waals surface area contributed by atoms with Gasteiger partial charge in [0.1, 0.15) is 11.6 Å². The number of ether oxygens (including phenoxy) is 2. The van der Waals surface area contributed by atoms with E-state index in [4.69, 9.17) is 14.5 Å². The Balaban J connectivity index is 1.47. The summed E-state index contributed by atoms with van der Waals surface area (Å²) in [6.45, 7) is 3.72. The number of aromatic nitrogens is 3. The number of morpholine rings is 1. The number of halogens is 1. The summed E-state index contributed by atoms with van der Waals surface area (Å²) in [6.07, 6.45) is 4.60. The van der Waals surface area contributed by atoms with Crippen LogP contribution in [-0.2, 0) is 11.3 Å². The number of nitrogens with one attached hydrogen (secondary N) is 2. The van der Waals surface area contributed by atoms with E-state index in [1.165, 1.54) is 13.3 Å². The van der Waals surface area contributed by atoms with Crippen LogP contribution < -0.4 is 20.3 Å². The van der Waals surface area contributed by atoms with Crippen LogP contribution in [0.2, 0.25) is 0 Å². The molecule has 0 amide bonds. The zero-order valence-corrected chi connectivity index (χ0v) is 17.6. The monoisotopic (exact) mass is 434 g/mol. The van der Waals surface area contributed by atoms with Gasteiger partial charge in [-0.3, -0.25) is 0 Å². The average Bonchev–Trinajstić information content (AvgIpc) is 2.85. The van der Waals surface area contributed by atoms with Crippen LogP contribution in [0.4, 0.5) is 21.6 Å². The van der Waals surface area contributed by atoms with E-state index in [1.54, 1.807) is 18.5 Å². The van der Waals surface area contributed by atoms with Crippen LogP contribution in [0.5, 0.6) is 6.01 Å². The maximum absolute atomic E-state index is 14.6. The Bertz CT molecular complexity index is 1130. The van der Waals surface area contributed by atoms with Gasteiger partial charge in [-0.15, -0.1) is 0 Å². The van der Waals surface area contributed by atoms with E-state index >= 15 is 0 Å². The van der Waals surface area contributed by atoms with Crippen molar-refractivity contribution in [2.75, 3.05) is 43.6 Å². The van der Waals surface area contributed by atoms with Crippen molar-refractivity contribution in [3.63, 3.8) is 0 Å². The number of nitrogens with zero attached hydrogens (tertiary/aromatic N) is 4. The predicted octanol–water partition coefficient (Wildman–Crippen LogP) is 3.50. The number of pyridine rings is 1. The van der Waals surface area contributed by atoms with Gasteiger partial charge in [-0.2, -0.15) is 0 Å². The molecule has 0 saturated carbocycles. The molecule has 1 saturated heterocycles. The largest absolute Gasteiger partial charge is 0.467 e. The van der Waals surface area contributed by atoms with Gasteiger partial charge in [0.2, 0.25) is 0 Å². The lowest BCUT2D eigenvalue weighted by Crippen LogP contribution is -2.36. The summed E-state index contributed by atoms with van der Waals surface area (Å²) in [5.74, 6) is 0.248. The molecule has 2 aliphatic rings. The summed E-state index contributed by atoms with van der Waals surface area (Å²) < 4.78 is 25.1. The minimum Gasteiger partial charge on any atom is -0.467 e. The van der Waals surface area contributed by atoms with Gasteiger partial charge in [0, 0.05) is 66.3 Å². The topological polar surface area (TPSA) is 84.4 Å². The molecule has 4 heterocycles. The van der Waals surface area contributed by atoms with E-state index in [-0.39, 0.29) is 11.8 Å².